The third kappa shape index (κ3) is 7.16. The van der Waals surface area contributed by atoms with Crippen LogP contribution in [0.1, 0.15) is 50.2 Å². The number of carbonyl (C=O) groups is 2. The van der Waals surface area contributed by atoms with Crippen molar-refractivity contribution in [3.63, 3.8) is 0 Å². The maximum atomic E-state index is 13.2. The molecular formula is C25H30Cl2N2O2S. The SMILES string of the molecule is CC(C(=O)NC1CCCCC1)N(Cc1ccccc1)C(=O)CSCc1c(Cl)cccc1Cl. The summed E-state index contributed by atoms with van der Waals surface area (Å²) in [5.41, 5.74) is 1.82. The van der Waals surface area contributed by atoms with Crippen LogP contribution in [0.4, 0.5) is 0 Å². The zero-order chi connectivity index (χ0) is 22.9. The molecular weight excluding hydrogens is 463 g/mol. The second-order valence-corrected chi connectivity index (χ2v) is 10.0. The van der Waals surface area contributed by atoms with Crippen molar-refractivity contribution < 1.29 is 9.59 Å². The van der Waals surface area contributed by atoms with Gasteiger partial charge >= 0.3 is 0 Å². The zero-order valence-electron chi connectivity index (χ0n) is 18.4. The normalized spacial score (nSPS) is 15.2. The molecule has 1 N–H and O–H groups in total. The van der Waals surface area contributed by atoms with Crippen molar-refractivity contribution in [1.82, 2.24) is 10.2 Å². The molecule has 1 aliphatic carbocycles. The first-order valence-corrected chi connectivity index (χ1v) is 13.0. The van der Waals surface area contributed by atoms with Crippen LogP contribution in [0.15, 0.2) is 48.5 Å². The summed E-state index contributed by atoms with van der Waals surface area (Å²) in [5, 5.41) is 4.35. The van der Waals surface area contributed by atoms with Gasteiger partial charge in [-0.1, -0.05) is 78.9 Å². The Labute approximate surface area is 205 Å². The molecule has 7 heteroatoms. The summed E-state index contributed by atoms with van der Waals surface area (Å²) < 4.78 is 0. The molecule has 0 spiro atoms. The number of thioether (sulfide) groups is 1. The van der Waals surface area contributed by atoms with Crippen LogP contribution in [0.3, 0.4) is 0 Å². The number of benzene rings is 2. The molecule has 1 aliphatic rings. The van der Waals surface area contributed by atoms with Crippen molar-refractivity contribution in [2.24, 2.45) is 0 Å². The fourth-order valence-electron chi connectivity index (χ4n) is 3.93. The lowest BCUT2D eigenvalue weighted by Gasteiger charge is -2.31. The molecule has 0 aliphatic heterocycles. The second kappa shape index (κ2) is 12.5. The van der Waals surface area contributed by atoms with Gasteiger partial charge in [-0.25, -0.2) is 0 Å². The minimum atomic E-state index is -0.547. The molecule has 0 radical (unpaired) electrons. The molecule has 1 unspecified atom stereocenters. The summed E-state index contributed by atoms with van der Waals surface area (Å²) in [6.07, 6.45) is 5.55. The topological polar surface area (TPSA) is 49.4 Å². The van der Waals surface area contributed by atoms with Crippen LogP contribution in [0, 0.1) is 0 Å². The van der Waals surface area contributed by atoms with Gasteiger partial charge in [0.05, 0.1) is 5.75 Å². The van der Waals surface area contributed by atoms with E-state index in [1.807, 2.05) is 37.3 Å². The van der Waals surface area contributed by atoms with Crippen molar-refractivity contribution >= 4 is 46.8 Å². The van der Waals surface area contributed by atoms with Crippen LogP contribution >= 0.6 is 35.0 Å². The van der Waals surface area contributed by atoms with Gasteiger partial charge in [-0.15, -0.1) is 11.8 Å². The number of nitrogens with zero attached hydrogens (tertiary/aromatic N) is 1. The van der Waals surface area contributed by atoms with Gasteiger partial charge in [0, 0.05) is 28.4 Å². The maximum absolute atomic E-state index is 13.2. The average molecular weight is 494 g/mol. The summed E-state index contributed by atoms with van der Waals surface area (Å²) in [4.78, 5) is 27.9. The Morgan fingerprint density at radius 1 is 1.03 bits per heavy atom. The number of hydrogen-bond donors (Lipinski definition) is 1. The largest absolute Gasteiger partial charge is 0.352 e. The van der Waals surface area contributed by atoms with Gasteiger partial charge in [0.15, 0.2) is 0 Å². The standard InChI is InChI=1S/C25H30Cl2N2O2S/c1-18(25(31)28-20-11-6-3-7-12-20)29(15-19-9-4-2-5-10-19)24(30)17-32-16-21-22(26)13-8-14-23(21)27/h2,4-5,8-10,13-14,18,20H,3,6-7,11-12,15-17H2,1H3,(H,28,31). The molecule has 172 valence electrons. The molecule has 0 bridgehead atoms. The quantitative estimate of drug-likeness (QED) is 0.460. The number of hydrogen-bond acceptors (Lipinski definition) is 3. The van der Waals surface area contributed by atoms with Gasteiger partial charge in [-0.05, 0) is 43.0 Å². The van der Waals surface area contributed by atoms with Crippen LogP contribution in [-0.2, 0) is 21.9 Å². The second-order valence-electron chi connectivity index (χ2n) is 8.22. The minimum absolute atomic E-state index is 0.0756. The molecule has 2 amide bonds. The number of rotatable bonds is 9. The van der Waals surface area contributed by atoms with Crippen LogP contribution in [0.2, 0.25) is 10.0 Å². The van der Waals surface area contributed by atoms with E-state index >= 15 is 0 Å². The Morgan fingerprint density at radius 3 is 2.34 bits per heavy atom. The van der Waals surface area contributed by atoms with Gasteiger partial charge in [0.1, 0.15) is 6.04 Å². The predicted octanol–water partition coefficient (Wildman–Crippen LogP) is 6.09. The fourth-order valence-corrected chi connectivity index (χ4v) is 5.57. The molecule has 3 rings (SSSR count). The molecule has 0 heterocycles. The summed E-state index contributed by atoms with van der Waals surface area (Å²) >= 11 is 14.0. The molecule has 2 aromatic carbocycles. The highest BCUT2D eigenvalue weighted by Gasteiger charge is 2.28. The zero-order valence-corrected chi connectivity index (χ0v) is 20.7. The van der Waals surface area contributed by atoms with Gasteiger partial charge in [0.25, 0.3) is 0 Å². The maximum Gasteiger partial charge on any atom is 0.242 e. The van der Waals surface area contributed by atoms with Gasteiger partial charge in [-0.3, -0.25) is 9.59 Å². The number of halogens is 2. The summed E-state index contributed by atoms with van der Waals surface area (Å²) in [7, 11) is 0. The van der Waals surface area contributed by atoms with E-state index in [0.717, 1.165) is 36.8 Å². The van der Waals surface area contributed by atoms with Crippen molar-refractivity contribution in [3.8, 4) is 0 Å². The number of amides is 2. The number of carbonyl (C=O) groups excluding carboxylic acids is 2. The molecule has 2 aromatic rings. The molecule has 1 atom stereocenters. The highest BCUT2D eigenvalue weighted by molar-refractivity contribution is 7.99. The molecule has 4 nitrogen and oxygen atoms in total. The fraction of sp³-hybridized carbons (Fsp3) is 0.440. The van der Waals surface area contributed by atoms with E-state index in [1.54, 1.807) is 23.1 Å². The van der Waals surface area contributed by atoms with Crippen LogP contribution in [0.25, 0.3) is 0 Å². The Morgan fingerprint density at radius 2 is 1.69 bits per heavy atom. The van der Waals surface area contributed by atoms with E-state index in [0.29, 0.717) is 22.3 Å². The van der Waals surface area contributed by atoms with Crippen molar-refractivity contribution in [1.29, 1.82) is 0 Å². The minimum Gasteiger partial charge on any atom is -0.352 e. The Hall–Kier alpha value is -1.69. The van der Waals surface area contributed by atoms with E-state index in [2.05, 4.69) is 5.32 Å². The summed E-state index contributed by atoms with van der Waals surface area (Å²) in [6, 6.07) is 14.8. The summed E-state index contributed by atoms with van der Waals surface area (Å²) in [6.45, 7) is 2.21. The van der Waals surface area contributed by atoms with E-state index in [9.17, 15) is 9.59 Å². The molecule has 32 heavy (non-hydrogen) atoms. The van der Waals surface area contributed by atoms with E-state index in [4.69, 9.17) is 23.2 Å². The first-order valence-electron chi connectivity index (χ1n) is 11.1. The van der Waals surface area contributed by atoms with Crippen LogP contribution < -0.4 is 5.32 Å². The van der Waals surface area contributed by atoms with Crippen molar-refractivity contribution in [2.45, 2.75) is 63.4 Å². The number of nitrogens with one attached hydrogen (secondary N) is 1. The Bertz CT molecular complexity index is 884. The monoisotopic (exact) mass is 492 g/mol. The average Bonchev–Trinajstić information content (AvgIpc) is 2.80. The Balaban J connectivity index is 1.65. The van der Waals surface area contributed by atoms with Gasteiger partial charge in [0.2, 0.25) is 11.8 Å². The first-order chi connectivity index (χ1) is 15.5. The molecule has 1 saturated carbocycles. The lowest BCUT2D eigenvalue weighted by Crippen LogP contribution is -2.50. The smallest absolute Gasteiger partial charge is 0.242 e. The predicted molar refractivity (Wildman–Crippen MR) is 134 cm³/mol. The molecule has 1 fully saturated rings. The highest BCUT2D eigenvalue weighted by Crippen LogP contribution is 2.28. The summed E-state index contributed by atoms with van der Waals surface area (Å²) in [5.74, 6) is 0.621. The van der Waals surface area contributed by atoms with Crippen molar-refractivity contribution in [3.05, 3.63) is 69.7 Å². The first kappa shape index (κ1) is 24.9. The van der Waals surface area contributed by atoms with E-state index in [-0.39, 0.29) is 23.6 Å². The van der Waals surface area contributed by atoms with Crippen LogP contribution in [0.5, 0.6) is 0 Å². The Kier molecular flexibility index (Phi) is 9.76. The third-order valence-corrected chi connectivity index (χ3v) is 7.50. The van der Waals surface area contributed by atoms with Gasteiger partial charge < -0.3 is 10.2 Å². The van der Waals surface area contributed by atoms with E-state index < -0.39 is 6.04 Å². The van der Waals surface area contributed by atoms with Crippen molar-refractivity contribution in [2.75, 3.05) is 5.75 Å². The highest BCUT2D eigenvalue weighted by atomic mass is 35.5. The lowest BCUT2D eigenvalue weighted by atomic mass is 9.95. The lowest BCUT2D eigenvalue weighted by molar-refractivity contribution is -0.139. The molecule has 0 aromatic heterocycles. The van der Waals surface area contributed by atoms with Gasteiger partial charge in [-0.2, -0.15) is 0 Å². The molecule has 0 saturated heterocycles. The van der Waals surface area contributed by atoms with E-state index in [1.165, 1.54) is 18.2 Å². The third-order valence-electron chi connectivity index (χ3n) is 5.85. The van der Waals surface area contributed by atoms with Crippen LogP contribution in [-0.4, -0.2) is 34.6 Å².